The molecule has 164 valence electrons. The summed E-state index contributed by atoms with van der Waals surface area (Å²) < 4.78 is 0. The van der Waals surface area contributed by atoms with Crippen molar-refractivity contribution < 1.29 is 4.79 Å². The molecule has 0 bridgehead atoms. The second kappa shape index (κ2) is 8.23. The number of nitrogens with zero attached hydrogens (tertiary/aromatic N) is 4. The Hall–Kier alpha value is -4.46. The van der Waals surface area contributed by atoms with Crippen LogP contribution in [-0.4, -0.2) is 50.1 Å². The number of hydrogen-bond acceptors (Lipinski definition) is 5. The Balaban J connectivity index is 1.43. The number of benzene rings is 2. The van der Waals surface area contributed by atoms with Gasteiger partial charge in [-0.05, 0) is 42.3 Å². The fraction of sp³-hybridized carbons (Fsp3) is 0.120. The number of carbonyl (C=O) groups excluding carboxylic acids is 1. The Bertz CT molecular complexity index is 1430. The first-order valence-corrected chi connectivity index (χ1v) is 10.5. The van der Waals surface area contributed by atoms with Gasteiger partial charge in [-0.2, -0.15) is 5.10 Å². The van der Waals surface area contributed by atoms with Gasteiger partial charge in [0.25, 0.3) is 5.91 Å². The summed E-state index contributed by atoms with van der Waals surface area (Å²) in [4.78, 5) is 26.4. The first kappa shape index (κ1) is 20.4. The lowest BCUT2D eigenvalue weighted by molar-refractivity contribution is 0.0823. The predicted molar refractivity (Wildman–Crippen MR) is 129 cm³/mol. The summed E-state index contributed by atoms with van der Waals surface area (Å²) in [6.07, 6.45) is 5.40. The molecule has 3 N–H and O–H groups in total. The van der Waals surface area contributed by atoms with Gasteiger partial charge in [0.2, 0.25) is 0 Å². The van der Waals surface area contributed by atoms with Gasteiger partial charge in [0.05, 0.1) is 6.20 Å². The molecule has 0 unspecified atom stereocenters. The molecule has 3 aromatic heterocycles. The molecule has 0 spiro atoms. The van der Waals surface area contributed by atoms with E-state index in [1.807, 2.05) is 61.7 Å². The summed E-state index contributed by atoms with van der Waals surface area (Å²) >= 11 is 0. The van der Waals surface area contributed by atoms with Crippen LogP contribution in [0.3, 0.4) is 0 Å². The lowest BCUT2D eigenvalue weighted by Gasteiger charge is -2.10. The van der Waals surface area contributed by atoms with E-state index in [2.05, 4.69) is 25.5 Å². The van der Waals surface area contributed by atoms with E-state index in [9.17, 15) is 4.79 Å². The highest BCUT2D eigenvalue weighted by Crippen LogP contribution is 2.29. The Morgan fingerprint density at radius 2 is 1.85 bits per heavy atom. The SMILES string of the molecule is Cc1c(-c2nccc(Nc3ccc(-c4cn[nH]c4)cc3)n2)ccc2cc(C(=O)N(C)C)[nH]c12. The van der Waals surface area contributed by atoms with E-state index in [-0.39, 0.29) is 5.91 Å². The van der Waals surface area contributed by atoms with Gasteiger partial charge in [-0.25, -0.2) is 9.97 Å². The molecule has 5 aromatic rings. The van der Waals surface area contributed by atoms with Crippen molar-refractivity contribution in [2.24, 2.45) is 0 Å². The van der Waals surface area contributed by atoms with Crippen LogP contribution in [0.5, 0.6) is 0 Å². The van der Waals surface area contributed by atoms with Crippen molar-refractivity contribution in [3.05, 3.63) is 78.4 Å². The van der Waals surface area contributed by atoms with Gasteiger partial charge < -0.3 is 15.2 Å². The molecule has 5 rings (SSSR count). The molecular formula is C25H23N7O. The summed E-state index contributed by atoms with van der Waals surface area (Å²) in [5.74, 6) is 1.25. The zero-order valence-electron chi connectivity index (χ0n) is 18.5. The summed E-state index contributed by atoms with van der Waals surface area (Å²) in [6.45, 7) is 2.01. The molecule has 0 fully saturated rings. The molecule has 33 heavy (non-hydrogen) atoms. The van der Waals surface area contributed by atoms with E-state index in [1.54, 1.807) is 31.4 Å². The standard InChI is InChI=1S/C25H23N7O/c1-15-20(9-6-17-12-21(30-23(15)17)25(33)32(2)3)24-26-11-10-22(31-24)29-19-7-4-16(5-8-19)18-13-27-28-14-18/h4-14,30H,1-3H3,(H,27,28)(H,26,29,31). The van der Waals surface area contributed by atoms with E-state index in [0.29, 0.717) is 17.3 Å². The van der Waals surface area contributed by atoms with Crippen molar-refractivity contribution in [1.82, 2.24) is 30.0 Å². The summed E-state index contributed by atoms with van der Waals surface area (Å²) in [6, 6.07) is 15.8. The first-order valence-electron chi connectivity index (χ1n) is 10.5. The fourth-order valence-electron chi connectivity index (χ4n) is 3.80. The molecule has 0 atom stereocenters. The van der Waals surface area contributed by atoms with Crippen molar-refractivity contribution in [3.63, 3.8) is 0 Å². The monoisotopic (exact) mass is 437 g/mol. The largest absolute Gasteiger partial charge is 0.350 e. The highest BCUT2D eigenvalue weighted by Gasteiger charge is 2.15. The molecule has 0 saturated heterocycles. The molecule has 0 aliphatic heterocycles. The van der Waals surface area contributed by atoms with Crippen LogP contribution >= 0.6 is 0 Å². The lowest BCUT2D eigenvalue weighted by atomic mass is 10.0. The molecule has 0 aliphatic rings. The number of aromatic amines is 2. The van der Waals surface area contributed by atoms with Crippen LogP contribution in [0, 0.1) is 6.92 Å². The third-order valence-corrected chi connectivity index (χ3v) is 5.58. The maximum atomic E-state index is 12.3. The van der Waals surface area contributed by atoms with Crippen molar-refractivity contribution in [3.8, 4) is 22.5 Å². The molecule has 0 saturated carbocycles. The number of fused-ring (bicyclic) bond motifs is 1. The van der Waals surface area contributed by atoms with Crippen LogP contribution in [0.2, 0.25) is 0 Å². The van der Waals surface area contributed by atoms with Crippen LogP contribution in [0.15, 0.2) is 67.1 Å². The van der Waals surface area contributed by atoms with Gasteiger partial charge in [-0.1, -0.05) is 24.3 Å². The smallest absolute Gasteiger partial charge is 0.269 e. The van der Waals surface area contributed by atoms with Crippen LogP contribution in [0.4, 0.5) is 11.5 Å². The molecule has 8 heteroatoms. The number of rotatable bonds is 5. The van der Waals surface area contributed by atoms with Crippen LogP contribution in [0.25, 0.3) is 33.4 Å². The Labute approximate surface area is 190 Å². The number of nitrogens with one attached hydrogen (secondary N) is 3. The summed E-state index contributed by atoms with van der Waals surface area (Å²) in [5.41, 5.74) is 6.42. The number of aromatic nitrogens is 5. The zero-order valence-corrected chi connectivity index (χ0v) is 18.5. The van der Waals surface area contributed by atoms with Crippen LogP contribution in [0.1, 0.15) is 16.1 Å². The predicted octanol–water partition coefficient (Wildman–Crippen LogP) is 4.77. The van der Waals surface area contributed by atoms with Crippen LogP contribution in [-0.2, 0) is 0 Å². The average molecular weight is 438 g/mol. The Morgan fingerprint density at radius 3 is 2.58 bits per heavy atom. The van der Waals surface area contributed by atoms with E-state index in [1.165, 1.54) is 0 Å². The maximum Gasteiger partial charge on any atom is 0.269 e. The fourth-order valence-corrected chi connectivity index (χ4v) is 3.80. The van der Waals surface area contributed by atoms with Crippen molar-refractivity contribution >= 4 is 28.3 Å². The minimum atomic E-state index is -0.0617. The number of amides is 1. The average Bonchev–Trinajstić information content (AvgIpc) is 3.50. The van der Waals surface area contributed by atoms with Gasteiger partial charge in [-0.3, -0.25) is 9.89 Å². The highest BCUT2D eigenvalue weighted by molar-refractivity contribution is 5.99. The maximum absolute atomic E-state index is 12.3. The van der Waals surface area contributed by atoms with Gasteiger partial charge in [0.15, 0.2) is 5.82 Å². The zero-order chi connectivity index (χ0) is 22.9. The van der Waals surface area contributed by atoms with E-state index >= 15 is 0 Å². The normalized spacial score (nSPS) is 11.0. The molecule has 2 aromatic carbocycles. The second-order valence-corrected chi connectivity index (χ2v) is 8.04. The third kappa shape index (κ3) is 3.94. The van der Waals surface area contributed by atoms with Crippen LogP contribution < -0.4 is 5.32 Å². The van der Waals surface area contributed by atoms with Crippen molar-refractivity contribution in [2.45, 2.75) is 6.92 Å². The van der Waals surface area contributed by atoms with E-state index < -0.39 is 0 Å². The first-order chi connectivity index (χ1) is 16.0. The molecule has 0 aliphatic carbocycles. The third-order valence-electron chi connectivity index (χ3n) is 5.58. The number of anilines is 2. The van der Waals surface area contributed by atoms with Crippen molar-refractivity contribution in [2.75, 3.05) is 19.4 Å². The number of carbonyl (C=O) groups is 1. The van der Waals surface area contributed by atoms with E-state index in [0.717, 1.165) is 38.8 Å². The number of aryl methyl sites for hydroxylation is 1. The van der Waals surface area contributed by atoms with Gasteiger partial charge in [-0.15, -0.1) is 0 Å². The molecule has 8 nitrogen and oxygen atoms in total. The van der Waals surface area contributed by atoms with Crippen molar-refractivity contribution in [1.29, 1.82) is 0 Å². The summed E-state index contributed by atoms with van der Waals surface area (Å²) in [5, 5.41) is 11.1. The molecule has 0 radical (unpaired) electrons. The van der Waals surface area contributed by atoms with Gasteiger partial charge in [0, 0.05) is 54.2 Å². The second-order valence-electron chi connectivity index (χ2n) is 8.04. The minimum Gasteiger partial charge on any atom is -0.350 e. The molecular weight excluding hydrogens is 414 g/mol. The Kier molecular flexibility index (Phi) is 5.10. The van der Waals surface area contributed by atoms with Gasteiger partial charge in [0.1, 0.15) is 11.5 Å². The minimum absolute atomic E-state index is 0.0617. The number of hydrogen-bond donors (Lipinski definition) is 3. The Morgan fingerprint density at radius 1 is 1.03 bits per heavy atom. The highest BCUT2D eigenvalue weighted by atomic mass is 16.2. The van der Waals surface area contributed by atoms with E-state index in [4.69, 9.17) is 4.98 Å². The van der Waals surface area contributed by atoms with Gasteiger partial charge >= 0.3 is 0 Å². The quantitative estimate of drug-likeness (QED) is 0.368. The lowest BCUT2D eigenvalue weighted by Crippen LogP contribution is -2.21. The topological polar surface area (TPSA) is 103 Å². The number of H-pyrrole nitrogens is 2. The summed E-state index contributed by atoms with van der Waals surface area (Å²) in [7, 11) is 3.48. The molecule has 1 amide bonds. The molecule has 3 heterocycles.